The molecule has 2 aliphatic heterocycles. The van der Waals surface area contributed by atoms with Gasteiger partial charge >= 0.3 is 6.18 Å². The Hall–Kier alpha value is -2.58. The first-order chi connectivity index (χ1) is 16.0. The molecule has 0 saturated carbocycles. The van der Waals surface area contributed by atoms with E-state index in [2.05, 4.69) is 41.8 Å². The summed E-state index contributed by atoms with van der Waals surface area (Å²) in [4.78, 5) is 19.1. The molecule has 5 nitrogen and oxygen atoms in total. The monoisotopic (exact) mass is 475 g/mol. The van der Waals surface area contributed by atoms with Gasteiger partial charge < -0.3 is 14.9 Å². The van der Waals surface area contributed by atoms with Gasteiger partial charge in [0.2, 0.25) is 5.91 Å². The number of anilines is 1. The van der Waals surface area contributed by atoms with E-state index in [1.165, 1.54) is 28.9 Å². The molecule has 2 heterocycles. The highest BCUT2D eigenvalue weighted by atomic mass is 19.4. The predicted molar refractivity (Wildman–Crippen MR) is 126 cm³/mol. The first-order valence-electron chi connectivity index (χ1n) is 11.8. The molecule has 8 heteroatoms. The fourth-order valence-electron chi connectivity index (χ4n) is 4.78. The van der Waals surface area contributed by atoms with Crippen molar-refractivity contribution in [3.8, 4) is 0 Å². The van der Waals surface area contributed by atoms with Gasteiger partial charge in [-0.25, -0.2) is 0 Å². The predicted octanol–water partition coefficient (Wildman–Crippen LogP) is 3.95. The standard InChI is InChI=1S/C26H32F3N3O2/c1-19-6-7-23(16-20(19)2)31-14-12-30(13-15-31)18-24(33)32-10-8-25(34,9-11-32)21-4-3-5-22(17-21)26(27,28)29/h3-7,16-17,34H,8-15,18H2,1-2H3. The number of nitrogens with zero attached hydrogens (tertiary/aromatic N) is 3. The molecule has 184 valence electrons. The van der Waals surface area contributed by atoms with Gasteiger partial charge in [-0.15, -0.1) is 0 Å². The van der Waals surface area contributed by atoms with Crippen molar-refractivity contribution in [3.63, 3.8) is 0 Å². The number of aryl methyl sites for hydroxylation is 2. The van der Waals surface area contributed by atoms with E-state index in [1.807, 2.05) is 0 Å². The highest BCUT2D eigenvalue weighted by molar-refractivity contribution is 5.78. The van der Waals surface area contributed by atoms with Gasteiger partial charge in [-0.1, -0.05) is 18.2 Å². The molecule has 0 aliphatic carbocycles. The molecular formula is C26H32F3N3O2. The van der Waals surface area contributed by atoms with Crippen LogP contribution < -0.4 is 4.90 Å². The summed E-state index contributed by atoms with van der Waals surface area (Å²) in [6, 6.07) is 11.4. The van der Waals surface area contributed by atoms with Crippen LogP contribution in [-0.4, -0.2) is 66.6 Å². The molecule has 1 N–H and O–H groups in total. The lowest BCUT2D eigenvalue weighted by atomic mass is 9.83. The molecule has 4 rings (SSSR count). The van der Waals surface area contributed by atoms with Gasteiger partial charge in [0.1, 0.15) is 0 Å². The first-order valence-corrected chi connectivity index (χ1v) is 11.8. The summed E-state index contributed by atoms with van der Waals surface area (Å²) >= 11 is 0. The second kappa shape index (κ2) is 9.58. The molecule has 1 amide bonds. The van der Waals surface area contributed by atoms with Crippen LogP contribution in [-0.2, 0) is 16.6 Å². The molecule has 2 aliphatic rings. The number of carbonyl (C=O) groups is 1. The van der Waals surface area contributed by atoms with Crippen LogP contribution in [0.2, 0.25) is 0 Å². The molecule has 0 aromatic heterocycles. The third-order valence-electron chi connectivity index (χ3n) is 7.26. The van der Waals surface area contributed by atoms with E-state index in [4.69, 9.17) is 0 Å². The lowest BCUT2D eigenvalue weighted by molar-refractivity contribution is -0.137. The number of aliphatic hydroxyl groups is 1. The van der Waals surface area contributed by atoms with Crippen molar-refractivity contribution in [2.45, 2.75) is 38.5 Å². The largest absolute Gasteiger partial charge is 0.416 e. The van der Waals surface area contributed by atoms with Crippen LogP contribution in [0, 0.1) is 13.8 Å². The van der Waals surface area contributed by atoms with Crippen molar-refractivity contribution in [2.75, 3.05) is 50.7 Å². The maximum Gasteiger partial charge on any atom is 0.416 e. The van der Waals surface area contributed by atoms with Gasteiger partial charge in [-0.3, -0.25) is 9.69 Å². The van der Waals surface area contributed by atoms with Crippen LogP contribution in [0.4, 0.5) is 18.9 Å². The summed E-state index contributed by atoms with van der Waals surface area (Å²) in [5.74, 6) is 0.00530. The lowest BCUT2D eigenvalue weighted by Crippen LogP contribution is -2.52. The van der Waals surface area contributed by atoms with Crippen molar-refractivity contribution in [3.05, 3.63) is 64.7 Å². The smallest absolute Gasteiger partial charge is 0.385 e. The average molecular weight is 476 g/mol. The summed E-state index contributed by atoms with van der Waals surface area (Å²) in [7, 11) is 0. The summed E-state index contributed by atoms with van der Waals surface area (Å²) in [5.41, 5.74) is 1.89. The van der Waals surface area contributed by atoms with Crippen LogP contribution >= 0.6 is 0 Å². The van der Waals surface area contributed by atoms with E-state index < -0.39 is 17.3 Å². The zero-order valence-electron chi connectivity index (χ0n) is 19.7. The molecule has 2 aromatic carbocycles. The van der Waals surface area contributed by atoms with Crippen molar-refractivity contribution in [1.29, 1.82) is 0 Å². The Kier molecular flexibility index (Phi) is 6.92. The van der Waals surface area contributed by atoms with E-state index in [1.54, 1.807) is 4.90 Å². The first kappa shape index (κ1) is 24.5. The van der Waals surface area contributed by atoms with Crippen LogP contribution in [0.5, 0.6) is 0 Å². The highest BCUT2D eigenvalue weighted by Gasteiger charge is 2.38. The fraction of sp³-hybridized carbons (Fsp3) is 0.500. The molecule has 2 fully saturated rings. The van der Waals surface area contributed by atoms with Crippen LogP contribution in [0.3, 0.4) is 0 Å². The molecule has 34 heavy (non-hydrogen) atoms. The number of likely N-dealkylation sites (tertiary alicyclic amines) is 1. The molecule has 0 unspecified atom stereocenters. The van der Waals surface area contributed by atoms with E-state index in [0.29, 0.717) is 19.6 Å². The van der Waals surface area contributed by atoms with Gasteiger partial charge in [-0.2, -0.15) is 13.2 Å². The highest BCUT2D eigenvalue weighted by Crippen LogP contribution is 2.36. The van der Waals surface area contributed by atoms with Gasteiger partial charge in [0.15, 0.2) is 0 Å². The van der Waals surface area contributed by atoms with Crippen molar-refractivity contribution < 1.29 is 23.1 Å². The summed E-state index contributed by atoms with van der Waals surface area (Å²) in [6.45, 7) is 8.48. The number of rotatable bonds is 4. The number of benzene rings is 2. The Morgan fingerprint density at radius 3 is 2.24 bits per heavy atom. The summed E-state index contributed by atoms with van der Waals surface area (Å²) < 4.78 is 39.2. The fourth-order valence-corrected chi connectivity index (χ4v) is 4.78. The Bertz CT molecular complexity index is 1020. The van der Waals surface area contributed by atoms with Gasteiger partial charge in [0.05, 0.1) is 17.7 Å². The second-order valence-electron chi connectivity index (χ2n) is 9.52. The Morgan fingerprint density at radius 1 is 0.941 bits per heavy atom. The maximum absolute atomic E-state index is 13.1. The van der Waals surface area contributed by atoms with Crippen LogP contribution in [0.25, 0.3) is 0 Å². The normalized spacial score (nSPS) is 19.4. The number of halogens is 3. The minimum Gasteiger partial charge on any atom is -0.385 e. The Morgan fingerprint density at radius 2 is 1.62 bits per heavy atom. The van der Waals surface area contributed by atoms with E-state index in [9.17, 15) is 23.1 Å². The van der Waals surface area contributed by atoms with Crippen molar-refractivity contribution in [1.82, 2.24) is 9.80 Å². The zero-order valence-corrected chi connectivity index (χ0v) is 19.7. The van der Waals surface area contributed by atoms with E-state index in [-0.39, 0.29) is 24.3 Å². The van der Waals surface area contributed by atoms with Gasteiger partial charge in [0, 0.05) is 45.0 Å². The lowest BCUT2D eigenvalue weighted by Gasteiger charge is -2.40. The number of alkyl halides is 3. The Balaban J connectivity index is 1.28. The number of amides is 1. The number of carbonyl (C=O) groups excluding carboxylic acids is 1. The molecule has 0 atom stereocenters. The maximum atomic E-state index is 13.1. The average Bonchev–Trinajstić information content (AvgIpc) is 2.81. The minimum absolute atomic E-state index is 0.00530. The molecule has 2 aromatic rings. The van der Waals surface area contributed by atoms with E-state index >= 15 is 0 Å². The van der Waals surface area contributed by atoms with Crippen LogP contribution in [0.15, 0.2) is 42.5 Å². The van der Waals surface area contributed by atoms with Crippen molar-refractivity contribution in [2.24, 2.45) is 0 Å². The summed E-state index contributed by atoms with van der Waals surface area (Å²) in [6.07, 6.45) is -4.01. The van der Waals surface area contributed by atoms with Gasteiger partial charge in [-0.05, 0) is 67.6 Å². The van der Waals surface area contributed by atoms with E-state index in [0.717, 1.165) is 38.3 Å². The van der Waals surface area contributed by atoms with Crippen LogP contribution in [0.1, 0.15) is 35.1 Å². The third kappa shape index (κ3) is 5.39. The number of hydrogen-bond acceptors (Lipinski definition) is 4. The van der Waals surface area contributed by atoms with Crippen molar-refractivity contribution >= 4 is 11.6 Å². The topological polar surface area (TPSA) is 47.0 Å². The molecule has 0 bridgehead atoms. The number of piperazine rings is 1. The Labute approximate surface area is 198 Å². The second-order valence-corrected chi connectivity index (χ2v) is 9.52. The molecular weight excluding hydrogens is 443 g/mol. The quantitative estimate of drug-likeness (QED) is 0.728. The molecule has 0 spiro atoms. The zero-order chi connectivity index (χ0) is 24.5. The molecule has 0 radical (unpaired) electrons. The number of hydrogen-bond donors (Lipinski definition) is 1. The SMILES string of the molecule is Cc1ccc(N2CCN(CC(=O)N3CCC(O)(c4cccc(C(F)(F)F)c4)CC3)CC2)cc1C. The van der Waals surface area contributed by atoms with Gasteiger partial charge in [0.25, 0.3) is 0 Å². The molecule has 2 saturated heterocycles. The minimum atomic E-state index is -4.45. The number of piperidine rings is 1. The summed E-state index contributed by atoms with van der Waals surface area (Å²) in [5, 5.41) is 11.0. The third-order valence-corrected chi connectivity index (χ3v) is 7.26.